The molecule has 150 valence electrons. The third-order valence-electron chi connectivity index (χ3n) is 4.35. The summed E-state index contributed by atoms with van der Waals surface area (Å²) in [6, 6.07) is 8.69. The highest BCUT2D eigenvalue weighted by Crippen LogP contribution is 2.30. The van der Waals surface area contributed by atoms with Crippen molar-refractivity contribution < 1.29 is 24.3 Å². The Bertz CT molecular complexity index is 798. The number of hydrogen-bond acceptors (Lipinski definition) is 6. The summed E-state index contributed by atoms with van der Waals surface area (Å²) in [7, 11) is 0. The first-order chi connectivity index (χ1) is 13.2. The zero-order valence-electron chi connectivity index (χ0n) is 16.3. The van der Waals surface area contributed by atoms with Crippen LogP contribution < -0.4 is 0 Å². The van der Waals surface area contributed by atoms with Crippen LogP contribution in [0.25, 0.3) is 0 Å². The summed E-state index contributed by atoms with van der Waals surface area (Å²) in [6.07, 6.45) is 1.13. The Balaban J connectivity index is 1.79. The highest BCUT2D eigenvalue weighted by Gasteiger charge is 2.40. The van der Waals surface area contributed by atoms with Gasteiger partial charge in [0.25, 0.3) is 0 Å². The van der Waals surface area contributed by atoms with Crippen molar-refractivity contribution >= 4 is 18.3 Å². The van der Waals surface area contributed by atoms with Gasteiger partial charge in [-0.15, -0.1) is 0 Å². The van der Waals surface area contributed by atoms with E-state index in [2.05, 4.69) is 4.99 Å². The molecule has 2 heterocycles. The van der Waals surface area contributed by atoms with Gasteiger partial charge in [0.1, 0.15) is 11.6 Å². The van der Waals surface area contributed by atoms with Crippen molar-refractivity contribution in [1.29, 1.82) is 0 Å². The van der Waals surface area contributed by atoms with Gasteiger partial charge in [0.05, 0.1) is 31.1 Å². The van der Waals surface area contributed by atoms with Crippen molar-refractivity contribution in [2.75, 3.05) is 13.1 Å². The molecule has 0 saturated heterocycles. The van der Waals surface area contributed by atoms with Crippen LogP contribution in [0, 0.1) is 0 Å². The fraction of sp³-hybridized carbons (Fsp3) is 0.450. The Hall–Kier alpha value is -2.87. The molecule has 0 spiro atoms. The molecular weight excluding hydrogens is 362 g/mol. The number of nitrogens with zero attached hydrogens (tertiary/aromatic N) is 3. The fourth-order valence-corrected chi connectivity index (χ4v) is 3.05. The molecule has 1 amide bonds. The summed E-state index contributed by atoms with van der Waals surface area (Å²) in [4.78, 5) is 35.8. The highest BCUT2D eigenvalue weighted by atomic mass is 16.7. The largest absolute Gasteiger partial charge is 0.480 e. The molecule has 1 atom stereocenters. The summed E-state index contributed by atoms with van der Waals surface area (Å²) >= 11 is 0. The average molecular weight is 387 g/mol. The number of benzene rings is 1. The molecule has 0 aromatic heterocycles. The van der Waals surface area contributed by atoms with Crippen LogP contribution in [-0.4, -0.2) is 58.1 Å². The monoisotopic (exact) mass is 387 g/mol. The van der Waals surface area contributed by atoms with E-state index in [1.807, 2.05) is 30.3 Å². The Labute approximate surface area is 164 Å². The van der Waals surface area contributed by atoms with Gasteiger partial charge in [-0.3, -0.25) is 14.7 Å². The summed E-state index contributed by atoms with van der Waals surface area (Å²) in [5.74, 6) is -1.09. The lowest BCUT2D eigenvalue weighted by Gasteiger charge is -2.39. The lowest BCUT2D eigenvalue weighted by atomic mass is 10.0. The fourth-order valence-electron chi connectivity index (χ4n) is 3.05. The molecule has 1 N–H and O–H groups in total. The van der Waals surface area contributed by atoms with E-state index in [-0.39, 0.29) is 13.0 Å². The maximum Gasteiger partial charge on any atom is 0.411 e. The molecule has 2 aliphatic heterocycles. The van der Waals surface area contributed by atoms with Crippen LogP contribution in [0.2, 0.25) is 0 Å². The molecule has 8 nitrogen and oxygen atoms in total. The van der Waals surface area contributed by atoms with Gasteiger partial charge in [-0.05, 0) is 26.3 Å². The lowest BCUT2D eigenvalue weighted by molar-refractivity contribution is -0.149. The van der Waals surface area contributed by atoms with Crippen LogP contribution in [0.1, 0.15) is 32.8 Å². The minimum absolute atomic E-state index is 0.0628. The van der Waals surface area contributed by atoms with Gasteiger partial charge in [0.2, 0.25) is 0 Å². The second-order valence-electron chi connectivity index (χ2n) is 7.69. The zero-order chi connectivity index (χ0) is 20.3. The van der Waals surface area contributed by atoms with Gasteiger partial charge in [0, 0.05) is 12.6 Å². The van der Waals surface area contributed by atoms with Gasteiger partial charge in [0.15, 0.2) is 0 Å². The third-order valence-corrected chi connectivity index (χ3v) is 4.35. The second kappa shape index (κ2) is 8.02. The number of aliphatic carboxylic acids is 1. The standard InChI is InChI=1S/C20H25N3O5/c1-20(2,3)28-19(26)22-12-17-15(11-16(22)18(24)25)21-9-10-23(17)27-13-14-7-5-4-6-8-14/h4-9,16H,10-13H2,1-3H3,(H,24,25). The molecule has 0 fully saturated rings. The normalized spacial score (nSPS) is 19.5. The number of carboxylic acids is 1. The van der Waals surface area contributed by atoms with Gasteiger partial charge in [-0.1, -0.05) is 30.3 Å². The topological polar surface area (TPSA) is 91.7 Å². The maximum absolute atomic E-state index is 12.6. The molecular formula is C20H25N3O5. The molecule has 0 radical (unpaired) electrons. The molecule has 28 heavy (non-hydrogen) atoms. The minimum Gasteiger partial charge on any atom is -0.480 e. The van der Waals surface area contributed by atoms with E-state index >= 15 is 0 Å². The van der Waals surface area contributed by atoms with E-state index in [0.717, 1.165) is 5.56 Å². The quantitative estimate of drug-likeness (QED) is 0.854. The van der Waals surface area contributed by atoms with Crippen LogP contribution in [0.3, 0.4) is 0 Å². The summed E-state index contributed by atoms with van der Waals surface area (Å²) in [5, 5.41) is 11.3. The number of hydroxylamine groups is 2. The van der Waals surface area contributed by atoms with E-state index in [0.29, 0.717) is 24.5 Å². The van der Waals surface area contributed by atoms with Crippen molar-refractivity contribution in [2.45, 2.75) is 45.4 Å². The number of hydrogen-bond donors (Lipinski definition) is 1. The predicted molar refractivity (Wildman–Crippen MR) is 102 cm³/mol. The first-order valence-electron chi connectivity index (χ1n) is 9.16. The second-order valence-corrected chi connectivity index (χ2v) is 7.69. The van der Waals surface area contributed by atoms with Gasteiger partial charge >= 0.3 is 12.1 Å². The van der Waals surface area contributed by atoms with Crippen LogP contribution in [0.4, 0.5) is 4.79 Å². The third kappa shape index (κ3) is 4.69. The zero-order valence-corrected chi connectivity index (χ0v) is 16.3. The molecule has 8 heteroatoms. The Morgan fingerprint density at radius 2 is 1.96 bits per heavy atom. The molecule has 1 aromatic carbocycles. The van der Waals surface area contributed by atoms with Crippen molar-refractivity contribution in [2.24, 2.45) is 4.99 Å². The van der Waals surface area contributed by atoms with Crippen LogP contribution in [-0.2, 0) is 21.0 Å². The number of amides is 1. The lowest BCUT2D eigenvalue weighted by Crippen LogP contribution is -2.52. The predicted octanol–water partition coefficient (Wildman–Crippen LogP) is 2.81. The minimum atomic E-state index is -1.09. The molecule has 0 aliphatic carbocycles. The van der Waals surface area contributed by atoms with Crippen molar-refractivity contribution in [3.8, 4) is 0 Å². The van der Waals surface area contributed by atoms with Crippen LogP contribution in [0.15, 0.2) is 46.7 Å². The number of aliphatic imine (C=N–C) groups is 1. The van der Waals surface area contributed by atoms with Crippen molar-refractivity contribution in [1.82, 2.24) is 9.96 Å². The van der Waals surface area contributed by atoms with E-state index in [1.165, 1.54) is 4.90 Å². The van der Waals surface area contributed by atoms with Gasteiger partial charge in [-0.2, -0.15) is 0 Å². The number of carboxylic acid groups (broad SMARTS) is 1. The SMILES string of the molecule is CC(C)(C)OC(=O)N1CC2=C(CC1C(=O)O)N=CCN2OCc1ccccc1. The number of carbonyl (C=O) groups excluding carboxylic acids is 1. The van der Waals surface area contributed by atoms with Crippen molar-refractivity contribution in [3.05, 3.63) is 47.3 Å². The number of rotatable bonds is 4. The van der Waals surface area contributed by atoms with E-state index in [9.17, 15) is 14.7 Å². The van der Waals surface area contributed by atoms with Gasteiger partial charge in [-0.25, -0.2) is 14.7 Å². The number of carbonyl (C=O) groups is 2. The Kier molecular flexibility index (Phi) is 5.69. The molecule has 2 aliphatic rings. The first kappa shape index (κ1) is 19.9. The number of ether oxygens (including phenoxy) is 1. The maximum atomic E-state index is 12.6. The van der Waals surface area contributed by atoms with Gasteiger partial charge < -0.3 is 9.84 Å². The average Bonchev–Trinajstić information content (AvgIpc) is 2.64. The molecule has 3 rings (SSSR count). The molecule has 0 bridgehead atoms. The highest BCUT2D eigenvalue weighted by molar-refractivity contribution is 5.81. The van der Waals surface area contributed by atoms with E-state index < -0.39 is 23.7 Å². The molecule has 1 unspecified atom stereocenters. The smallest absolute Gasteiger partial charge is 0.411 e. The Morgan fingerprint density at radius 3 is 2.61 bits per heavy atom. The summed E-state index contributed by atoms with van der Waals surface area (Å²) in [6.45, 7) is 6.08. The molecule has 1 aromatic rings. The molecule has 0 saturated carbocycles. The van der Waals surface area contributed by atoms with Crippen LogP contribution in [0.5, 0.6) is 0 Å². The summed E-state index contributed by atoms with van der Waals surface area (Å²) < 4.78 is 5.41. The van der Waals surface area contributed by atoms with Crippen molar-refractivity contribution in [3.63, 3.8) is 0 Å². The Morgan fingerprint density at radius 1 is 1.25 bits per heavy atom. The van der Waals surface area contributed by atoms with E-state index in [1.54, 1.807) is 32.0 Å². The van der Waals surface area contributed by atoms with E-state index in [4.69, 9.17) is 9.57 Å². The summed E-state index contributed by atoms with van der Waals surface area (Å²) in [5.41, 5.74) is 1.59. The first-order valence-corrected chi connectivity index (χ1v) is 9.16. The van der Waals surface area contributed by atoms with Crippen LogP contribution >= 0.6 is 0 Å².